The fourth-order valence-corrected chi connectivity index (χ4v) is 2.86. The van der Waals surface area contributed by atoms with Crippen molar-refractivity contribution < 1.29 is 23.5 Å². The Hall–Kier alpha value is -3.35. The van der Waals surface area contributed by atoms with E-state index < -0.39 is 23.9 Å². The van der Waals surface area contributed by atoms with Crippen LogP contribution < -0.4 is 15.4 Å². The van der Waals surface area contributed by atoms with Gasteiger partial charge in [-0.15, -0.1) is 0 Å². The number of esters is 1. The van der Waals surface area contributed by atoms with Crippen molar-refractivity contribution in [3.63, 3.8) is 0 Å². The molecule has 140 valence electrons. The minimum atomic E-state index is -0.927. The number of ether oxygens (including phenoxy) is 2. The Morgan fingerprint density at radius 1 is 1.15 bits per heavy atom. The van der Waals surface area contributed by atoms with Crippen LogP contribution in [0.15, 0.2) is 59.8 Å². The number of carbonyl (C=O) groups is 2. The molecule has 0 spiro atoms. The molecule has 0 bridgehead atoms. The number of methoxy groups -OCH3 is 1. The maximum absolute atomic E-state index is 14.2. The van der Waals surface area contributed by atoms with Crippen molar-refractivity contribution in [2.75, 3.05) is 7.11 Å². The molecule has 0 unspecified atom stereocenters. The van der Waals surface area contributed by atoms with Gasteiger partial charge in [0, 0.05) is 11.3 Å². The van der Waals surface area contributed by atoms with E-state index in [2.05, 4.69) is 10.6 Å². The first-order valence-corrected chi connectivity index (χ1v) is 8.32. The number of carbonyl (C=O) groups excluding carboxylic acids is 2. The molecule has 2 aromatic rings. The van der Waals surface area contributed by atoms with Gasteiger partial charge in [0.05, 0.1) is 18.7 Å². The van der Waals surface area contributed by atoms with Crippen molar-refractivity contribution in [2.45, 2.75) is 19.6 Å². The van der Waals surface area contributed by atoms with Crippen molar-refractivity contribution in [1.82, 2.24) is 10.6 Å². The van der Waals surface area contributed by atoms with Gasteiger partial charge in [0.2, 0.25) is 0 Å². The molecule has 7 heteroatoms. The van der Waals surface area contributed by atoms with Gasteiger partial charge in [0.1, 0.15) is 18.2 Å². The number of urea groups is 1. The number of hydrogen-bond acceptors (Lipinski definition) is 4. The van der Waals surface area contributed by atoms with E-state index in [4.69, 9.17) is 9.47 Å². The Morgan fingerprint density at radius 3 is 2.52 bits per heavy atom. The highest BCUT2D eigenvalue weighted by molar-refractivity contribution is 5.95. The molecule has 0 radical (unpaired) electrons. The van der Waals surface area contributed by atoms with Crippen LogP contribution in [0.3, 0.4) is 0 Å². The molecule has 3 rings (SSSR count). The SMILES string of the molecule is COc1ccc(COC(=O)C2=C(C)NC(=O)N[C@H]2c2ccccc2F)cc1. The molecule has 0 aliphatic carbocycles. The molecule has 0 aromatic heterocycles. The van der Waals surface area contributed by atoms with Gasteiger partial charge >= 0.3 is 12.0 Å². The van der Waals surface area contributed by atoms with E-state index in [0.29, 0.717) is 11.4 Å². The molecule has 0 saturated heterocycles. The Kier molecular flexibility index (Phi) is 5.40. The van der Waals surface area contributed by atoms with Crippen LogP contribution in [-0.2, 0) is 16.1 Å². The molecule has 6 nitrogen and oxygen atoms in total. The fourth-order valence-electron chi connectivity index (χ4n) is 2.86. The maximum atomic E-state index is 14.2. The summed E-state index contributed by atoms with van der Waals surface area (Å²) in [7, 11) is 1.57. The lowest BCUT2D eigenvalue weighted by atomic mass is 9.95. The highest BCUT2D eigenvalue weighted by Gasteiger charge is 2.33. The molecule has 1 aliphatic heterocycles. The third kappa shape index (κ3) is 4.08. The topological polar surface area (TPSA) is 76.7 Å². The second-order valence-electron chi connectivity index (χ2n) is 6.02. The minimum Gasteiger partial charge on any atom is -0.497 e. The van der Waals surface area contributed by atoms with Crippen molar-refractivity contribution in [1.29, 1.82) is 0 Å². The molecule has 1 heterocycles. The van der Waals surface area contributed by atoms with E-state index in [1.165, 1.54) is 12.1 Å². The lowest BCUT2D eigenvalue weighted by molar-refractivity contribution is -0.140. The Morgan fingerprint density at radius 2 is 1.85 bits per heavy atom. The van der Waals surface area contributed by atoms with Crippen LogP contribution in [0.5, 0.6) is 5.75 Å². The average molecular weight is 370 g/mol. The second-order valence-corrected chi connectivity index (χ2v) is 6.02. The zero-order valence-corrected chi connectivity index (χ0v) is 14.9. The number of nitrogens with one attached hydrogen (secondary N) is 2. The van der Waals surface area contributed by atoms with Gasteiger partial charge in [-0.2, -0.15) is 0 Å². The normalized spacial score (nSPS) is 16.4. The summed E-state index contributed by atoms with van der Waals surface area (Å²) < 4.78 is 24.7. The van der Waals surface area contributed by atoms with E-state index in [1.807, 2.05) is 0 Å². The number of amides is 2. The summed E-state index contributed by atoms with van der Waals surface area (Å²) in [6.07, 6.45) is 0. The highest BCUT2D eigenvalue weighted by Crippen LogP contribution is 2.29. The monoisotopic (exact) mass is 370 g/mol. The predicted molar refractivity (Wildman–Crippen MR) is 96.3 cm³/mol. The Labute approximate surface area is 156 Å². The summed E-state index contributed by atoms with van der Waals surface area (Å²) in [6.45, 7) is 1.62. The van der Waals surface area contributed by atoms with Gasteiger partial charge in [-0.25, -0.2) is 14.0 Å². The molecule has 2 aromatic carbocycles. The third-order valence-corrected chi connectivity index (χ3v) is 4.23. The first-order chi connectivity index (χ1) is 13.0. The van der Waals surface area contributed by atoms with E-state index >= 15 is 0 Å². The van der Waals surface area contributed by atoms with Gasteiger partial charge in [-0.1, -0.05) is 30.3 Å². The summed E-state index contributed by atoms with van der Waals surface area (Å²) in [5, 5.41) is 5.12. The minimum absolute atomic E-state index is 0.0392. The molecule has 0 saturated carbocycles. The van der Waals surface area contributed by atoms with Crippen molar-refractivity contribution >= 4 is 12.0 Å². The molecule has 0 fully saturated rings. The highest BCUT2D eigenvalue weighted by atomic mass is 19.1. The third-order valence-electron chi connectivity index (χ3n) is 4.23. The van der Waals surface area contributed by atoms with Gasteiger partial charge in [-0.05, 0) is 30.7 Å². The van der Waals surface area contributed by atoms with Crippen LogP contribution in [0.1, 0.15) is 24.1 Å². The van der Waals surface area contributed by atoms with Gasteiger partial charge in [0.25, 0.3) is 0 Å². The summed E-state index contributed by atoms with van der Waals surface area (Å²) in [5.74, 6) is -0.454. The van der Waals surface area contributed by atoms with Crippen LogP contribution in [0.4, 0.5) is 9.18 Å². The zero-order chi connectivity index (χ0) is 19.4. The Balaban J connectivity index is 1.82. The molecule has 2 amide bonds. The van der Waals surface area contributed by atoms with Crippen molar-refractivity contribution in [2.24, 2.45) is 0 Å². The quantitative estimate of drug-likeness (QED) is 0.793. The van der Waals surface area contributed by atoms with Gasteiger partial charge in [0.15, 0.2) is 0 Å². The maximum Gasteiger partial charge on any atom is 0.338 e. The fraction of sp³-hybridized carbons (Fsp3) is 0.200. The van der Waals surface area contributed by atoms with Crippen LogP contribution in [-0.4, -0.2) is 19.1 Å². The van der Waals surface area contributed by atoms with Crippen molar-refractivity contribution in [3.05, 3.63) is 76.7 Å². The number of halogens is 1. The van der Waals surface area contributed by atoms with Crippen molar-refractivity contribution in [3.8, 4) is 5.75 Å². The first kappa shape index (κ1) is 18.4. The summed E-state index contributed by atoms with van der Waals surface area (Å²) in [5.41, 5.74) is 1.46. The standard InChI is InChI=1S/C20H19FN2O4/c1-12-17(19(24)27-11-13-7-9-14(26-2)10-8-13)18(23-20(25)22-12)15-5-3-4-6-16(15)21/h3-10,18H,11H2,1-2H3,(H2,22,23,25)/t18-/m0/s1. The van der Waals surface area contributed by atoms with Crippen LogP contribution in [0.25, 0.3) is 0 Å². The molecule has 2 N–H and O–H groups in total. The summed E-state index contributed by atoms with van der Waals surface area (Å²) >= 11 is 0. The number of allylic oxidation sites excluding steroid dienone is 1. The van der Waals surface area contributed by atoms with Crippen LogP contribution in [0, 0.1) is 5.82 Å². The molecule has 1 atom stereocenters. The van der Waals surface area contributed by atoms with Crippen LogP contribution >= 0.6 is 0 Å². The molecular weight excluding hydrogens is 351 g/mol. The van der Waals surface area contributed by atoms with Crippen LogP contribution in [0.2, 0.25) is 0 Å². The predicted octanol–water partition coefficient (Wildman–Crippen LogP) is 3.21. The zero-order valence-electron chi connectivity index (χ0n) is 14.9. The van der Waals surface area contributed by atoms with E-state index in [1.54, 1.807) is 50.4 Å². The first-order valence-electron chi connectivity index (χ1n) is 8.32. The van der Waals surface area contributed by atoms with E-state index in [0.717, 1.165) is 5.56 Å². The molecular formula is C20H19FN2O4. The average Bonchev–Trinajstić information content (AvgIpc) is 2.66. The van der Waals surface area contributed by atoms with E-state index in [9.17, 15) is 14.0 Å². The number of rotatable bonds is 5. The second kappa shape index (κ2) is 7.90. The molecule has 27 heavy (non-hydrogen) atoms. The summed E-state index contributed by atoms with van der Waals surface area (Å²) in [6, 6.07) is 11.6. The lowest BCUT2D eigenvalue weighted by Crippen LogP contribution is -2.45. The Bertz CT molecular complexity index is 893. The van der Waals surface area contributed by atoms with Gasteiger partial charge < -0.3 is 20.1 Å². The van der Waals surface area contributed by atoms with Gasteiger partial charge in [-0.3, -0.25) is 0 Å². The largest absolute Gasteiger partial charge is 0.497 e. The number of hydrogen-bond donors (Lipinski definition) is 2. The number of benzene rings is 2. The van der Waals surface area contributed by atoms with E-state index in [-0.39, 0.29) is 17.7 Å². The lowest BCUT2D eigenvalue weighted by Gasteiger charge is -2.28. The molecule has 1 aliphatic rings. The smallest absolute Gasteiger partial charge is 0.338 e. The summed E-state index contributed by atoms with van der Waals surface area (Å²) in [4.78, 5) is 24.5.